The number of allylic oxidation sites excluding steroid dienone is 1. The van der Waals surface area contributed by atoms with Crippen LogP contribution >= 0.6 is 0 Å². The first-order chi connectivity index (χ1) is 69.9. The third-order valence-corrected chi connectivity index (χ3v) is 30.8. The number of fused-ring (bicyclic) bond motifs is 8. The van der Waals surface area contributed by atoms with Crippen LogP contribution in [0.15, 0.2) is 96.3 Å². The molecule has 0 bridgehead atoms. The van der Waals surface area contributed by atoms with E-state index in [4.69, 9.17) is 44.6 Å². The lowest BCUT2D eigenvalue weighted by Gasteiger charge is -2.56. The predicted octanol–water partition coefficient (Wildman–Crippen LogP) is 2.32. The van der Waals surface area contributed by atoms with Gasteiger partial charge in [-0.2, -0.15) is 0 Å². The zero-order chi connectivity index (χ0) is 105. The summed E-state index contributed by atoms with van der Waals surface area (Å²) in [7, 11) is 0. The van der Waals surface area contributed by atoms with Crippen molar-refractivity contribution in [3.05, 3.63) is 135 Å². The molecule has 0 spiro atoms. The summed E-state index contributed by atoms with van der Waals surface area (Å²) in [5.41, 5.74) is 17.5. The lowest BCUT2D eigenvalue weighted by atomic mass is 9.49. The second-order valence-electron chi connectivity index (χ2n) is 41.0. The van der Waals surface area contributed by atoms with E-state index in [-0.39, 0.29) is 176 Å². The number of benzene rings is 4. The van der Waals surface area contributed by atoms with Gasteiger partial charge in [0.2, 0.25) is 59.1 Å². The Kier molecular flexibility index (Phi) is 41.6. The van der Waals surface area contributed by atoms with Crippen LogP contribution in [0.5, 0.6) is 5.75 Å². The van der Waals surface area contributed by atoms with Gasteiger partial charge in [0.1, 0.15) is 67.0 Å². The second-order valence-corrected chi connectivity index (χ2v) is 41.0. The molecule has 4 aromatic carbocycles. The second kappa shape index (κ2) is 53.3. The highest BCUT2D eigenvalue weighted by molar-refractivity contribution is 6.02. The number of anilines is 2. The van der Waals surface area contributed by atoms with E-state index in [1.807, 2.05) is 86.6 Å². The summed E-state index contributed by atoms with van der Waals surface area (Å²) in [6, 6.07) is 19.5. The van der Waals surface area contributed by atoms with E-state index in [9.17, 15) is 93.9 Å². The number of aliphatic hydroxyl groups is 8. The molecule has 12 amide bonds. The molecular formula is C106H151N13O27. The van der Waals surface area contributed by atoms with Gasteiger partial charge in [0.15, 0.2) is 6.23 Å². The number of phenols is 1. The van der Waals surface area contributed by atoms with E-state index in [1.54, 1.807) is 30.9 Å². The minimum atomic E-state index is -1.81. The number of aliphatic hydroxyl groups excluding tert-OH is 8. The molecule has 2 saturated heterocycles. The Hall–Kier alpha value is -10.9. The van der Waals surface area contributed by atoms with Gasteiger partial charge < -0.3 is 143 Å². The van der Waals surface area contributed by atoms with Gasteiger partial charge in [0.05, 0.1) is 126 Å². The Morgan fingerprint density at radius 2 is 1.11 bits per heavy atom. The molecule has 12 rings (SSSR count). The molecule has 23 N–H and O–H groups in total. The SMILES string of the molecule is CC(C)[C@H](NC(=O)[C@@H](CCCCNC(=O)COC1CCCCC/C(N[C@H]2O[C@H](CO)C([C@H]3O[C@H](CO)[C@@H](O)[C@H](O)[C@H]3O)[C@H](O)[C@H]2O)=C\1N)NC(=O)CCOCCOCCOCCOCCNC(=O)CCC(=O)N1Cc2ccccc2C#Cc2ccccc21)C(=O)N[C@@H](CCCNC(N)=O)C(=O)N[C@@H](CO)C(=O)Nc1ccc2c(c1)[C@@]1(C)CCC[C@](C)(C(=O)NC(=O)[C@@]3(C)CCC[C@]4(C)c5cc(O)ccc5CC[C@@H]34)[C@@H]1CC2. The predicted molar refractivity (Wildman–Crippen MR) is 534 cm³/mol. The van der Waals surface area contributed by atoms with Crippen molar-refractivity contribution in [2.75, 3.05) is 109 Å². The Bertz CT molecular complexity index is 5270. The number of nitrogens with one attached hydrogen (secondary N) is 10. The Morgan fingerprint density at radius 1 is 0.521 bits per heavy atom. The molecule has 40 nitrogen and oxygen atoms in total. The molecule has 0 aromatic heterocycles. The van der Waals surface area contributed by atoms with E-state index < -0.39 is 181 Å². The van der Waals surface area contributed by atoms with Gasteiger partial charge in [-0.25, -0.2) is 4.79 Å². The zero-order valence-corrected chi connectivity index (χ0v) is 84.5. The minimum absolute atomic E-state index is 0.00613. The summed E-state index contributed by atoms with van der Waals surface area (Å²) < 4.78 is 40.5. The molecule has 0 radical (unpaired) electrons. The average Bonchev–Trinajstić information content (AvgIpc) is 0.717. The number of aryl methyl sites for hydroxylation is 2. The summed E-state index contributed by atoms with van der Waals surface area (Å²) in [4.78, 5) is 156. The Labute approximate surface area is 851 Å². The third kappa shape index (κ3) is 28.6. The van der Waals surface area contributed by atoms with Gasteiger partial charge in [-0.1, -0.05) is 122 Å². The van der Waals surface area contributed by atoms with Crippen molar-refractivity contribution < 1.29 is 132 Å². The first kappa shape index (κ1) is 114. The van der Waals surface area contributed by atoms with Crippen LogP contribution in [0.25, 0.3) is 0 Å². The van der Waals surface area contributed by atoms with Crippen LogP contribution in [0.2, 0.25) is 0 Å². The fourth-order valence-corrected chi connectivity index (χ4v) is 22.7. The molecule has 40 heteroatoms. The Morgan fingerprint density at radius 3 is 1.77 bits per heavy atom. The molecule has 8 aliphatic rings. The number of rotatable bonds is 48. The number of urea groups is 1. The smallest absolute Gasteiger partial charge is 0.312 e. The number of hydrogen-bond acceptors (Lipinski definition) is 29. The lowest BCUT2D eigenvalue weighted by Crippen LogP contribution is -2.68. The normalized spacial score (nSPS) is 27.5. The highest BCUT2D eigenvalue weighted by Crippen LogP contribution is 2.60. The largest absolute Gasteiger partial charge is 0.508 e. The van der Waals surface area contributed by atoms with Crippen molar-refractivity contribution in [2.45, 2.75) is 292 Å². The number of primary amides is 1. The number of phenolic OH excluding ortho intramolecular Hbond substituents is 1. The van der Waals surface area contributed by atoms with Crippen molar-refractivity contribution in [3.63, 3.8) is 0 Å². The van der Waals surface area contributed by atoms with E-state index in [0.717, 1.165) is 59.1 Å². The maximum Gasteiger partial charge on any atom is 0.312 e. The van der Waals surface area contributed by atoms with Crippen LogP contribution < -0.4 is 69.5 Å². The van der Waals surface area contributed by atoms with Crippen LogP contribution in [-0.2, 0) is 111 Å². The number of para-hydroxylation sites is 1. The van der Waals surface area contributed by atoms with Crippen molar-refractivity contribution in [1.29, 1.82) is 0 Å². The molecular weight excluding hydrogens is 1890 g/mol. The number of ether oxygens (including phenoxy) is 7. The highest BCUT2D eigenvalue weighted by Gasteiger charge is 2.60. The van der Waals surface area contributed by atoms with Crippen LogP contribution in [0, 0.1) is 46.3 Å². The number of unbranched alkanes of at least 4 members (excludes halogenated alkanes) is 1. The fourth-order valence-electron chi connectivity index (χ4n) is 22.7. The van der Waals surface area contributed by atoms with Crippen molar-refractivity contribution in [1.82, 2.24) is 47.9 Å². The summed E-state index contributed by atoms with van der Waals surface area (Å²) in [6.45, 7) is 10.4. The first-order valence-electron chi connectivity index (χ1n) is 51.6. The topological polar surface area (TPSA) is 610 Å². The maximum atomic E-state index is 15.0. The third-order valence-electron chi connectivity index (χ3n) is 30.8. The van der Waals surface area contributed by atoms with Gasteiger partial charge in [-0.15, -0.1) is 0 Å². The number of aromatic hydroxyl groups is 1. The fraction of sp³-hybridized carbons (Fsp3) is 0.632. The number of hydrogen-bond donors (Lipinski definition) is 21. The Balaban J connectivity index is 0.626. The van der Waals surface area contributed by atoms with E-state index >= 15 is 4.79 Å². The van der Waals surface area contributed by atoms with E-state index in [1.165, 1.54) is 5.56 Å². The number of carbonyl (C=O) groups excluding carboxylic acids is 11. The number of imide groups is 1. The number of nitrogens with zero attached hydrogens (tertiary/aromatic N) is 1. The molecule has 3 aliphatic heterocycles. The summed E-state index contributed by atoms with van der Waals surface area (Å²) in [6.07, 6.45) is -5.53. The quantitative estimate of drug-likeness (QED) is 0.0171. The zero-order valence-electron chi connectivity index (χ0n) is 84.5. The number of nitrogens with two attached hydrogens (primary N) is 2. The first-order valence-corrected chi connectivity index (χ1v) is 51.6. The molecule has 5 aliphatic carbocycles. The average molecular weight is 2040 g/mol. The number of amides is 12. The maximum absolute atomic E-state index is 15.0. The van der Waals surface area contributed by atoms with Crippen LogP contribution in [0.1, 0.15) is 215 Å². The van der Waals surface area contributed by atoms with Gasteiger partial charge >= 0.3 is 6.03 Å². The molecule has 802 valence electrons. The molecule has 4 fully saturated rings. The monoisotopic (exact) mass is 2040 g/mol. The van der Waals surface area contributed by atoms with Crippen molar-refractivity contribution in [2.24, 2.45) is 46.0 Å². The molecule has 21 atom stereocenters. The minimum Gasteiger partial charge on any atom is -0.508 e. The molecule has 2 saturated carbocycles. The van der Waals surface area contributed by atoms with Crippen LogP contribution in [0.4, 0.5) is 16.2 Å². The summed E-state index contributed by atoms with van der Waals surface area (Å²) in [5, 5.41) is 124. The van der Waals surface area contributed by atoms with Gasteiger partial charge in [-0.3, -0.25) is 53.3 Å². The van der Waals surface area contributed by atoms with Crippen molar-refractivity contribution in [3.8, 4) is 17.6 Å². The van der Waals surface area contributed by atoms with Gasteiger partial charge in [-0.05, 0) is 202 Å². The van der Waals surface area contributed by atoms with Crippen molar-refractivity contribution >= 4 is 76.5 Å². The molecule has 3 heterocycles. The van der Waals surface area contributed by atoms with E-state index in [0.29, 0.717) is 94.2 Å². The lowest BCUT2D eigenvalue weighted by molar-refractivity contribution is -0.290. The van der Waals surface area contributed by atoms with Gasteiger partial charge in [0, 0.05) is 67.3 Å². The molecule has 2 unspecified atom stereocenters. The summed E-state index contributed by atoms with van der Waals surface area (Å²) >= 11 is 0. The molecule has 146 heavy (non-hydrogen) atoms. The standard InChI is InChI=1S/C106H151N13O27/c1-62(2)88(98(136)114-74(24-16-45-111-102(108)139)95(133)115-75(58-120)97(135)112-68-33-29-64-31-35-80-103(3,70(64)55-68)40-17-42-105(80,5)100(137)118-101(138)106(6)43-18-41-104(4)71-56-69(123)34-30-65(71)32-36-81(104)106)117-96(134)73(23-14-15-44-109-84(126)61-144-77-26-9-7-8-22-72(87(77)107)116-99-93(132)90(129)86(78(59-121)146-99)94-92(131)91(130)89(128)79(60-122)145-94)113-83(125)39-47-140-49-51-142-53-54-143-52-50-141-48-46-110-82(124)37-38-85(127)119-57-67-21-11-10-19-63(67)27-28-66-20-12-13-25-76(66)119/h10-13,19-21,25,29-30,33-34,55-56,62,73-75,77-81,86,88-94,99,116,120-123,128-132H,7-9,14-18,22-24,26,31-32,35-54,57-61,107H2,1-6H3,(H,109,126)(H,110,124)(H,112,135)(H,113,125)(H,114,136)(H,115,133)(H,117,134)(H3,108,111,139)(H,118,137,138)/b87-72-/t73-,74+,75+,77?,78-,79-,80-,81-,86?,88+,89-,90+,91+,92-,93-,94-,99+,103-,104-,105+,106+/m1/s1. The van der Waals surface area contributed by atoms with E-state index in [2.05, 4.69) is 78.9 Å². The highest BCUT2D eigenvalue weighted by atomic mass is 16.6. The van der Waals surface area contributed by atoms with Gasteiger partial charge in [0.25, 0.3) is 0 Å². The summed E-state index contributed by atoms with van der Waals surface area (Å²) in [5.74, 6) is -1.40. The number of carbonyl (C=O) groups is 11. The van der Waals surface area contributed by atoms with Crippen LogP contribution in [0.3, 0.4) is 0 Å². The van der Waals surface area contributed by atoms with Crippen LogP contribution in [-0.4, -0.2) is 295 Å². The molecule has 4 aromatic rings.